The highest BCUT2D eigenvalue weighted by Crippen LogP contribution is 2.64. The first-order valence-corrected chi connectivity index (χ1v) is 10.1. The quantitative estimate of drug-likeness (QED) is 0.787. The van der Waals surface area contributed by atoms with E-state index in [2.05, 4.69) is 0 Å². The third kappa shape index (κ3) is 2.17. The molecule has 1 aromatic carbocycles. The summed E-state index contributed by atoms with van der Waals surface area (Å²) in [4.78, 5) is 37.3. The van der Waals surface area contributed by atoms with Gasteiger partial charge in [-0.25, -0.2) is 0 Å². The standard InChI is InChI=1S/C18H19NO6S/c1-17(2)13-7-8-18(17,14(20)9-13)10-26(23,24)25-19-15(21)11-3-4-12(6-5-11)16(19)22/h3-6,13H,7-10H2,1-2H3. The molecule has 2 saturated carbocycles. The van der Waals surface area contributed by atoms with Gasteiger partial charge >= 0.3 is 10.1 Å². The SMILES string of the molecule is CC1(C)C2CCC1(CS(=O)(=O)On1c(=O)c3ccc(cc3)c1=O)C(=O)C2. The summed E-state index contributed by atoms with van der Waals surface area (Å²) >= 11 is 0. The largest absolute Gasteiger partial charge is 0.328 e. The van der Waals surface area contributed by atoms with E-state index in [0.717, 1.165) is 6.42 Å². The Labute approximate surface area is 150 Å². The molecule has 3 aromatic rings. The molecular formula is C18H19NO6S. The molecule has 2 fully saturated rings. The molecule has 4 bridgehead atoms. The fourth-order valence-corrected chi connectivity index (χ4v) is 6.40. The first kappa shape index (κ1) is 17.2. The number of hydrogen-bond acceptors (Lipinski definition) is 6. The van der Waals surface area contributed by atoms with Crippen molar-refractivity contribution in [3.63, 3.8) is 0 Å². The average Bonchev–Trinajstić information content (AvgIpc) is 2.82. The van der Waals surface area contributed by atoms with E-state index in [1.54, 1.807) is 0 Å². The van der Waals surface area contributed by atoms with Gasteiger partial charge in [-0.05, 0) is 48.4 Å². The zero-order valence-electron chi connectivity index (χ0n) is 14.5. The maximum atomic E-state index is 12.7. The average molecular weight is 377 g/mol. The molecule has 2 unspecified atom stereocenters. The fourth-order valence-electron chi connectivity index (χ4n) is 4.70. The van der Waals surface area contributed by atoms with Crippen LogP contribution in [0.4, 0.5) is 0 Å². The first-order chi connectivity index (χ1) is 12.1. The lowest BCUT2D eigenvalue weighted by Gasteiger charge is -2.35. The Balaban J connectivity index is 1.75. The van der Waals surface area contributed by atoms with Gasteiger partial charge in [0.15, 0.2) is 0 Å². The Morgan fingerprint density at radius 2 is 1.62 bits per heavy atom. The van der Waals surface area contributed by atoms with Gasteiger partial charge in [0.1, 0.15) is 11.5 Å². The second-order valence-electron chi connectivity index (χ2n) is 7.93. The number of nitrogens with zero attached hydrogens (tertiary/aromatic N) is 1. The van der Waals surface area contributed by atoms with Crippen molar-refractivity contribution < 1.29 is 17.5 Å². The van der Waals surface area contributed by atoms with Gasteiger partial charge in [-0.2, -0.15) is 8.42 Å². The first-order valence-electron chi connectivity index (χ1n) is 8.52. The zero-order valence-corrected chi connectivity index (χ0v) is 15.3. The molecule has 8 heteroatoms. The van der Waals surface area contributed by atoms with E-state index in [9.17, 15) is 22.8 Å². The number of carbonyl (C=O) groups is 1. The normalized spacial score (nSPS) is 27.3. The van der Waals surface area contributed by atoms with Crippen molar-refractivity contribution >= 4 is 26.7 Å². The van der Waals surface area contributed by atoms with Gasteiger partial charge in [-0.3, -0.25) is 18.7 Å². The van der Waals surface area contributed by atoms with Crippen molar-refractivity contribution in [2.24, 2.45) is 16.7 Å². The molecule has 7 nitrogen and oxygen atoms in total. The van der Waals surface area contributed by atoms with Crippen LogP contribution in [-0.4, -0.2) is 24.7 Å². The number of aromatic nitrogens is 1. The summed E-state index contributed by atoms with van der Waals surface area (Å²) in [5.41, 5.74) is -3.15. The van der Waals surface area contributed by atoms with E-state index < -0.39 is 37.8 Å². The Hall–Kier alpha value is -2.22. The van der Waals surface area contributed by atoms with Crippen molar-refractivity contribution in [1.29, 1.82) is 0 Å². The number of rotatable bonds is 4. The number of benzene rings is 1. The summed E-state index contributed by atoms with van der Waals surface area (Å²) in [6, 6.07) is 5.76. The molecule has 0 amide bonds. The van der Waals surface area contributed by atoms with E-state index in [0.29, 0.717) is 12.8 Å². The Bertz CT molecular complexity index is 1070. The van der Waals surface area contributed by atoms with E-state index in [1.165, 1.54) is 24.3 Å². The number of ketones is 1. The third-order valence-corrected chi connectivity index (χ3v) is 7.72. The van der Waals surface area contributed by atoms with Crippen LogP contribution >= 0.6 is 0 Å². The van der Waals surface area contributed by atoms with Gasteiger partial charge < -0.3 is 0 Å². The second-order valence-corrected chi connectivity index (χ2v) is 9.48. The number of hydrogen-bond donors (Lipinski definition) is 0. The summed E-state index contributed by atoms with van der Waals surface area (Å²) in [5.74, 6) is -0.445. The molecule has 0 aliphatic heterocycles. The summed E-state index contributed by atoms with van der Waals surface area (Å²) in [5, 5.41) is 0.317. The molecule has 0 N–H and O–H groups in total. The molecule has 2 aliphatic rings. The van der Waals surface area contributed by atoms with E-state index in [1.807, 2.05) is 13.8 Å². The highest BCUT2D eigenvalue weighted by molar-refractivity contribution is 7.86. The monoisotopic (exact) mass is 377 g/mol. The minimum Gasteiger partial charge on any atom is -0.299 e. The second kappa shape index (κ2) is 5.16. The van der Waals surface area contributed by atoms with Crippen molar-refractivity contribution in [2.75, 3.05) is 5.75 Å². The van der Waals surface area contributed by atoms with Crippen LogP contribution in [0.25, 0.3) is 10.8 Å². The molecule has 5 rings (SSSR count). The third-order valence-electron chi connectivity index (χ3n) is 6.50. The predicted octanol–water partition coefficient (Wildman–Crippen LogP) is 0.953. The van der Waals surface area contributed by atoms with Crippen LogP contribution in [0.1, 0.15) is 33.1 Å². The Morgan fingerprint density at radius 1 is 1.08 bits per heavy atom. The molecule has 138 valence electrons. The number of carbonyl (C=O) groups excluding carboxylic acids is 1. The topological polar surface area (TPSA) is 99.5 Å². The fraction of sp³-hybridized carbons (Fsp3) is 0.500. The molecule has 0 saturated heterocycles. The lowest BCUT2D eigenvalue weighted by molar-refractivity contribution is -0.128. The van der Waals surface area contributed by atoms with Gasteiger partial charge in [-0.15, -0.1) is 0 Å². The molecule has 2 atom stereocenters. The van der Waals surface area contributed by atoms with Crippen LogP contribution in [0.5, 0.6) is 0 Å². The summed E-state index contributed by atoms with van der Waals surface area (Å²) in [6.45, 7) is 3.82. The number of fused-ring (bicyclic) bond motifs is 6. The summed E-state index contributed by atoms with van der Waals surface area (Å²) in [7, 11) is -4.33. The Morgan fingerprint density at radius 3 is 2.04 bits per heavy atom. The van der Waals surface area contributed by atoms with Gasteiger partial charge in [0, 0.05) is 17.2 Å². The van der Waals surface area contributed by atoms with Crippen molar-refractivity contribution in [3.05, 3.63) is 45.0 Å². The van der Waals surface area contributed by atoms with Gasteiger partial charge in [-0.1, -0.05) is 18.6 Å². The highest BCUT2D eigenvalue weighted by Gasteiger charge is 2.65. The number of Topliss-reactive ketones (excluding diaryl/α,β-unsaturated/α-hetero) is 1. The maximum Gasteiger partial charge on any atom is 0.328 e. The Kier molecular flexibility index (Phi) is 3.41. The molecule has 26 heavy (non-hydrogen) atoms. The van der Waals surface area contributed by atoms with Crippen LogP contribution in [0, 0.1) is 16.7 Å². The van der Waals surface area contributed by atoms with Crippen LogP contribution < -0.4 is 15.4 Å². The zero-order chi connectivity index (χ0) is 18.9. The van der Waals surface area contributed by atoms with E-state index in [4.69, 9.17) is 4.28 Å². The van der Waals surface area contributed by atoms with E-state index in [-0.39, 0.29) is 27.2 Å². The molecule has 0 spiro atoms. The molecule has 0 radical (unpaired) electrons. The van der Waals surface area contributed by atoms with Crippen LogP contribution in [-0.2, 0) is 14.9 Å². The maximum absolute atomic E-state index is 12.7. The van der Waals surface area contributed by atoms with E-state index >= 15 is 0 Å². The van der Waals surface area contributed by atoms with Gasteiger partial charge in [0.2, 0.25) is 0 Å². The molecule has 2 heterocycles. The van der Waals surface area contributed by atoms with Crippen molar-refractivity contribution in [2.45, 2.75) is 33.1 Å². The van der Waals surface area contributed by atoms with Crippen molar-refractivity contribution in [3.8, 4) is 0 Å². The van der Waals surface area contributed by atoms with Gasteiger partial charge in [0.25, 0.3) is 11.1 Å². The van der Waals surface area contributed by atoms with Crippen molar-refractivity contribution in [1.82, 2.24) is 4.73 Å². The minimum absolute atomic E-state index is 0.0772. The lowest BCUT2D eigenvalue weighted by Crippen LogP contribution is -2.46. The van der Waals surface area contributed by atoms with Crippen LogP contribution in [0.2, 0.25) is 0 Å². The lowest BCUT2D eigenvalue weighted by atomic mass is 9.70. The molecular weight excluding hydrogens is 358 g/mol. The minimum atomic E-state index is -4.33. The molecule has 2 aromatic heterocycles. The smallest absolute Gasteiger partial charge is 0.299 e. The van der Waals surface area contributed by atoms with Crippen LogP contribution in [0.15, 0.2) is 33.9 Å². The molecule has 2 aliphatic carbocycles. The summed E-state index contributed by atoms with van der Waals surface area (Å²) in [6.07, 6.45) is 1.64. The predicted molar refractivity (Wildman–Crippen MR) is 94.6 cm³/mol. The summed E-state index contributed by atoms with van der Waals surface area (Å²) < 4.78 is 30.7. The van der Waals surface area contributed by atoms with Crippen LogP contribution in [0.3, 0.4) is 0 Å². The van der Waals surface area contributed by atoms with Gasteiger partial charge in [0.05, 0.1) is 5.41 Å². The highest BCUT2D eigenvalue weighted by atomic mass is 32.2.